The molecule has 0 aliphatic carbocycles. The van der Waals surface area contributed by atoms with E-state index < -0.39 is 17.3 Å². The van der Waals surface area contributed by atoms with Crippen LogP contribution in [0.2, 0.25) is 0 Å². The zero-order chi connectivity index (χ0) is 15.7. The maximum absolute atomic E-state index is 12.4. The van der Waals surface area contributed by atoms with Gasteiger partial charge in [-0.1, -0.05) is 47.8 Å². The molecule has 0 aliphatic heterocycles. The Balaban J connectivity index is 2.16. The summed E-state index contributed by atoms with van der Waals surface area (Å²) in [5, 5.41) is 21.9. The van der Waals surface area contributed by atoms with Crippen molar-refractivity contribution in [3.05, 3.63) is 64.5 Å². The van der Waals surface area contributed by atoms with E-state index >= 15 is 0 Å². The lowest BCUT2D eigenvalue weighted by Crippen LogP contribution is -2.08. The van der Waals surface area contributed by atoms with Gasteiger partial charge >= 0.3 is 11.6 Å². The van der Waals surface area contributed by atoms with E-state index in [1.807, 2.05) is 0 Å². The molecule has 0 bridgehead atoms. The van der Waals surface area contributed by atoms with Crippen LogP contribution in [0.5, 0.6) is 5.75 Å². The lowest BCUT2D eigenvalue weighted by molar-refractivity contribution is -0.270. The van der Waals surface area contributed by atoms with Crippen LogP contribution >= 0.6 is 11.8 Å². The first-order chi connectivity index (χ1) is 10.6. The van der Waals surface area contributed by atoms with Crippen LogP contribution in [0.4, 0.5) is 0 Å². The van der Waals surface area contributed by atoms with Gasteiger partial charge in [-0.2, -0.15) is 0 Å². The summed E-state index contributed by atoms with van der Waals surface area (Å²) in [5.41, 5.74) is -0.526. The summed E-state index contributed by atoms with van der Waals surface area (Å²) in [4.78, 5) is 23.4. The Morgan fingerprint density at radius 2 is 1.77 bits per heavy atom. The molecule has 1 aromatic heterocycles. The molecule has 3 aromatic rings. The first kappa shape index (κ1) is 14.2. The fourth-order valence-electron chi connectivity index (χ4n) is 2.03. The average Bonchev–Trinajstić information content (AvgIpc) is 2.51. The van der Waals surface area contributed by atoms with Crippen LogP contribution < -0.4 is 10.7 Å². The number of hydrogen-bond donors (Lipinski definition) is 1. The predicted octanol–water partition coefficient (Wildman–Crippen LogP) is 2.72. The fraction of sp³-hybridized carbons (Fsp3) is 0. The molecule has 0 spiro atoms. The van der Waals surface area contributed by atoms with Gasteiger partial charge in [0.05, 0.1) is 10.5 Å². The minimum Gasteiger partial charge on any atom is -0.871 e. The zero-order valence-corrected chi connectivity index (χ0v) is 11.9. The van der Waals surface area contributed by atoms with Gasteiger partial charge in [0, 0.05) is 10.3 Å². The number of carbonyl (C=O) groups is 1. The Kier molecular flexibility index (Phi) is 3.60. The van der Waals surface area contributed by atoms with Gasteiger partial charge in [-0.05, 0) is 18.2 Å². The Labute approximate surface area is 128 Å². The number of rotatable bonds is 3. The summed E-state index contributed by atoms with van der Waals surface area (Å²) in [6.45, 7) is 0. The van der Waals surface area contributed by atoms with Crippen LogP contribution in [-0.4, -0.2) is 11.1 Å². The predicted molar refractivity (Wildman–Crippen MR) is 79.5 cm³/mol. The SMILES string of the molecule is O=C(O)c1ccccc1Sc1c([O-])c2ccccc2oc1=O. The second kappa shape index (κ2) is 5.57. The van der Waals surface area contributed by atoms with Gasteiger partial charge in [0.25, 0.3) is 0 Å². The Morgan fingerprint density at radius 3 is 2.55 bits per heavy atom. The molecule has 2 aromatic carbocycles. The normalized spacial score (nSPS) is 10.7. The number of hydrogen-bond acceptors (Lipinski definition) is 5. The van der Waals surface area contributed by atoms with E-state index in [0.29, 0.717) is 4.90 Å². The van der Waals surface area contributed by atoms with E-state index in [0.717, 1.165) is 11.8 Å². The number of benzene rings is 2. The minimum absolute atomic E-state index is 0.0273. The third-order valence-electron chi connectivity index (χ3n) is 3.06. The molecule has 0 saturated heterocycles. The first-order valence-electron chi connectivity index (χ1n) is 6.31. The highest BCUT2D eigenvalue weighted by molar-refractivity contribution is 7.99. The number of fused-ring (bicyclic) bond motifs is 1. The summed E-state index contributed by atoms with van der Waals surface area (Å²) in [5.74, 6) is -1.59. The van der Waals surface area contributed by atoms with Crippen LogP contribution in [0.1, 0.15) is 10.4 Å². The third kappa shape index (κ3) is 2.44. The highest BCUT2D eigenvalue weighted by Crippen LogP contribution is 2.36. The molecule has 5 nitrogen and oxygen atoms in total. The maximum atomic E-state index is 12.4. The molecule has 3 rings (SSSR count). The van der Waals surface area contributed by atoms with Gasteiger partial charge in [0.2, 0.25) is 0 Å². The van der Waals surface area contributed by atoms with Crippen molar-refractivity contribution in [3.63, 3.8) is 0 Å². The Hall–Kier alpha value is -2.73. The topological polar surface area (TPSA) is 90.6 Å². The van der Waals surface area contributed by atoms with E-state index in [2.05, 4.69) is 0 Å². The molecule has 1 N–H and O–H groups in total. The molecular formula is C16H9O5S-. The average molecular weight is 313 g/mol. The van der Waals surface area contributed by atoms with Crippen LogP contribution in [0, 0.1) is 0 Å². The van der Waals surface area contributed by atoms with Crippen LogP contribution in [-0.2, 0) is 0 Å². The molecule has 0 atom stereocenters. The molecule has 110 valence electrons. The van der Waals surface area contributed by atoms with Crippen LogP contribution in [0.15, 0.2) is 67.5 Å². The molecule has 22 heavy (non-hydrogen) atoms. The molecule has 0 fully saturated rings. The van der Waals surface area contributed by atoms with Crippen molar-refractivity contribution in [1.82, 2.24) is 0 Å². The molecule has 6 heteroatoms. The molecular weight excluding hydrogens is 304 g/mol. The standard InChI is InChI=1S/C16H10O5S/c17-13-9-5-1-3-7-11(9)21-16(20)14(13)22-12-8-4-2-6-10(12)15(18)19/h1-8,17H,(H,18,19)/p-1. The Morgan fingerprint density at radius 1 is 1.09 bits per heavy atom. The van der Waals surface area contributed by atoms with Crippen molar-refractivity contribution in [3.8, 4) is 5.75 Å². The Bertz CT molecular complexity index is 929. The van der Waals surface area contributed by atoms with Crippen LogP contribution in [0.3, 0.4) is 0 Å². The van der Waals surface area contributed by atoms with E-state index in [9.17, 15) is 14.7 Å². The number of carboxylic acids is 1. The quantitative estimate of drug-likeness (QED) is 0.748. The second-order valence-corrected chi connectivity index (χ2v) is 5.50. The van der Waals surface area contributed by atoms with Crippen molar-refractivity contribution < 1.29 is 19.4 Å². The van der Waals surface area contributed by atoms with Crippen molar-refractivity contribution in [2.75, 3.05) is 0 Å². The van der Waals surface area contributed by atoms with Crippen molar-refractivity contribution in [2.45, 2.75) is 9.79 Å². The van der Waals surface area contributed by atoms with Crippen molar-refractivity contribution in [1.29, 1.82) is 0 Å². The lowest BCUT2D eigenvalue weighted by atomic mass is 10.2. The van der Waals surface area contributed by atoms with E-state index in [1.165, 1.54) is 12.1 Å². The zero-order valence-electron chi connectivity index (χ0n) is 11.1. The third-order valence-corrected chi connectivity index (χ3v) is 4.19. The smallest absolute Gasteiger partial charge is 0.349 e. The highest BCUT2D eigenvalue weighted by atomic mass is 32.2. The van der Waals surface area contributed by atoms with E-state index in [-0.39, 0.29) is 21.4 Å². The fourth-order valence-corrected chi connectivity index (χ4v) is 2.99. The lowest BCUT2D eigenvalue weighted by Gasteiger charge is -2.14. The summed E-state index contributed by atoms with van der Waals surface area (Å²) in [7, 11) is 0. The van der Waals surface area contributed by atoms with Gasteiger partial charge in [0.1, 0.15) is 5.58 Å². The van der Waals surface area contributed by atoms with Gasteiger partial charge in [-0.25, -0.2) is 9.59 Å². The molecule has 0 amide bonds. The second-order valence-electron chi connectivity index (χ2n) is 4.45. The molecule has 0 unspecified atom stereocenters. The highest BCUT2D eigenvalue weighted by Gasteiger charge is 2.14. The summed E-state index contributed by atoms with van der Waals surface area (Å²) < 4.78 is 5.12. The van der Waals surface area contributed by atoms with Gasteiger partial charge in [-0.15, -0.1) is 0 Å². The minimum atomic E-state index is -1.12. The number of aromatic carboxylic acids is 1. The molecule has 1 heterocycles. The maximum Gasteiger partial charge on any atom is 0.349 e. The van der Waals surface area contributed by atoms with Crippen molar-refractivity contribution >= 4 is 28.7 Å². The molecule has 0 radical (unpaired) electrons. The molecule has 0 saturated carbocycles. The van der Waals surface area contributed by atoms with Gasteiger partial charge in [-0.3, -0.25) is 0 Å². The van der Waals surface area contributed by atoms with E-state index in [4.69, 9.17) is 9.52 Å². The summed E-state index contributed by atoms with van der Waals surface area (Å²) in [6.07, 6.45) is 0. The van der Waals surface area contributed by atoms with E-state index in [1.54, 1.807) is 36.4 Å². The summed E-state index contributed by atoms with van der Waals surface area (Å²) in [6, 6.07) is 12.6. The number of carboxylic acid groups (broad SMARTS) is 1. The van der Waals surface area contributed by atoms with Crippen molar-refractivity contribution in [2.24, 2.45) is 0 Å². The molecule has 0 aliphatic rings. The van der Waals surface area contributed by atoms with Gasteiger partial charge < -0.3 is 14.6 Å². The number of para-hydroxylation sites is 1. The summed E-state index contributed by atoms with van der Waals surface area (Å²) >= 11 is 0.811. The van der Waals surface area contributed by atoms with Crippen LogP contribution in [0.25, 0.3) is 11.0 Å². The first-order valence-corrected chi connectivity index (χ1v) is 7.12. The van der Waals surface area contributed by atoms with Gasteiger partial charge in [0.15, 0.2) is 0 Å². The largest absolute Gasteiger partial charge is 0.871 e. The monoisotopic (exact) mass is 313 g/mol.